The monoisotopic (exact) mass is 400 g/mol. The van der Waals surface area contributed by atoms with Gasteiger partial charge in [-0.25, -0.2) is 0 Å². The molecule has 30 heavy (non-hydrogen) atoms. The van der Waals surface area contributed by atoms with Gasteiger partial charge in [-0.05, 0) is 48.6 Å². The first kappa shape index (κ1) is 18.5. The Morgan fingerprint density at radius 3 is 2.67 bits per heavy atom. The van der Waals surface area contributed by atoms with Crippen molar-refractivity contribution in [3.63, 3.8) is 0 Å². The first-order valence-corrected chi connectivity index (χ1v) is 10.5. The van der Waals surface area contributed by atoms with Crippen LogP contribution in [0.5, 0.6) is 0 Å². The summed E-state index contributed by atoms with van der Waals surface area (Å²) < 4.78 is 5.49. The third-order valence-corrected chi connectivity index (χ3v) is 5.53. The Kier molecular flexibility index (Phi) is 5.25. The Bertz CT molecular complexity index is 1100. The van der Waals surface area contributed by atoms with E-state index in [0.717, 1.165) is 42.0 Å². The molecule has 152 valence electrons. The van der Waals surface area contributed by atoms with Crippen molar-refractivity contribution >= 4 is 5.69 Å². The van der Waals surface area contributed by atoms with Crippen LogP contribution in [0.25, 0.3) is 11.4 Å². The summed E-state index contributed by atoms with van der Waals surface area (Å²) in [4.78, 5) is 1.65. The minimum Gasteiger partial charge on any atom is -0.379 e. The molecule has 4 aromatic rings. The lowest BCUT2D eigenvalue weighted by Crippen LogP contribution is -2.07. The van der Waals surface area contributed by atoms with Gasteiger partial charge in [-0.1, -0.05) is 47.6 Å². The second-order valence-electron chi connectivity index (χ2n) is 7.61. The molecule has 1 aliphatic carbocycles. The zero-order chi connectivity index (χ0) is 20.2. The highest BCUT2D eigenvalue weighted by Gasteiger charge is 2.18. The first-order valence-electron chi connectivity index (χ1n) is 10.5. The van der Waals surface area contributed by atoms with Crippen LogP contribution in [-0.4, -0.2) is 25.4 Å². The van der Waals surface area contributed by atoms with E-state index in [2.05, 4.69) is 50.1 Å². The Morgan fingerprint density at radius 1 is 0.967 bits per heavy atom. The number of aryl methyl sites for hydroxylation is 3. The number of fused-ring (bicyclic) bond motifs is 1. The van der Waals surface area contributed by atoms with Crippen LogP contribution in [0.1, 0.15) is 35.4 Å². The largest absolute Gasteiger partial charge is 0.379 e. The van der Waals surface area contributed by atoms with E-state index in [4.69, 9.17) is 4.52 Å². The number of anilines is 1. The molecule has 0 saturated heterocycles. The Balaban J connectivity index is 1.15. The fraction of sp³-hybridized carbons (Fsp3) is 0.304. The van der Waals surface area contributed by atoms with E-state index in [9.17, 15) is 0 Å². The van der Waals surface area contributed by atoms with Crippen LogP contribution in [-0.2, 0) is 32.4 Å². The van der Waals surface area contributed by atoms with Crippen molar-refractivity contribution in [1.29, 1.82) is 0 Å². The second-order valence-corrected chi connectivity index (χ2v) is 7.61. The summed E-state index contributed by atoms with van der Waals surface area (Å²) in [5, 5.41) is 20.5. The molecule has 2 heterocycles. The minimum absolute atomic E-state index is 0.658. The molecule has 0 atom stereocenters. The van der Waals surface area contributed by atoms with Gasteiger partial charge in [0.2, 0.25) is 5.82 Å². The lowest BCUT2D eigenvalue weighted by atomic mass is 9.96. The van der Waals surface area contributed by atoms with Gasteiger partial charge < -0.3 is 9.84 Å². The highest BCUT2D eigenvalue weighted by atomic mass is 16.5. The van der Waals surface area contributed by atoms with Crippen molar-refractivity contribution in [2.75, 3.05) is 5.32 Å². The maximum absolute atomic E-state index is 5.49. The molecule has 0 unspecified atom stereocenters. The zero-order valence-electron chi connectivity index (χ0n) is 16.8. The Hall–Kier alpha value is -3.48. The quantitative estimate of drug-likeness (QED) is 0.504. The molecule has 7 heteroatoms. The molecular formula is C23H24N6O. The van der Waals surface area contributed by atoms with E-state index in [1.54, 1.807) is 4.80 Å². The average molecular weight is 400 g/mol. The molecule has 0 aliphatic heterocycles. The van der Waals surface area contributed by atoms with Crippen LogP contribution >= 0.6 is 0 Å². The van der Waals surface area contributed by atoms with E-state index in [-0.39, 0.29) is 0 Å². The van der Waals surface area contributed by atoms with Crippen LogP contribution in [0.4, 0.5) is 5.69 Å². The van der Waals surface area contributed by atoms with E-state index < -0.39 is 0 Å². The molecule has 0 saturated carbocycles. The van der Waals surface area contributed by atoms with Gasteiger partial charge in [-0.15, -0.1) is 10.2 Å². The molecule has 5 rings (SSSR count). The third-order valence-electron chi connectivity index (χ3n) is 5.53. The summed E-state index contributed by atoms with van der Waals surface area (Å²) in [7, 11) is 0. The number of aromatic nitrogens is 5. The van der Waals surface area contributed by atoms with Gasteiger partial charge in [0.1, 0.15) is 11.5 Å². The van der Waals surface area contributed by atoms with Crippen molar-refractivity contribution in [1.82, 2.24) is 25.4 Å². The van der Waals surface area contributed by atoms with Gasteiger partial charge in [-0.3, -0.25) is 0 Å². The summed E-state index contributed by atoms with van der Waals surface area (Å²) in [6.07, 6.45) is 5.38. The number of rotatable bonds is 7. The van der Waals surface area contributed by atoms with Crippen molar-refractivity contribution in [3.05, 3.63) is 77.2 Å². The van der Waals surface area contributed by atoms with Gasteiger partial charge in [0, 0.05) is 23.2 Å². The number of nitrogens with zero attached hydrogens (tertiary/aromatic N) is 5. The average Bonchev–Trinajstić information content (AvgIpc) is 3.45. The molecule has 1 N–H and O–H groups in total. The van der Waals surface area contributed by atoms with Gasteiger partial charge >= 0.3 is 0 Å². The van der Waals surface area contributed by atoms with E-state index in [0.29, 0.717) is 18.9 Å². The molecule has 0 bridgehead atoms. The highest BCUT2D eigenvalue weighted by Crippen LogP contribution is 2.25. The van der Waals surface area contributed by atoms with Crippen molar-refractivity contribution in [3.8, 4) is 11.4 Å². The number of hydrogen-bond donors (Lipinski definition) is 1. The van der Waals surface area contributed by atoms with Crippen molar-refractivity contribution in [2.45, 2.75) is 45.2 Å². The standard InChI is InChI=1S/C23H24N6O/c1-2-6-18(7-3-1)23-25-28-29(26-23)15-14-17-10-12-19(13-11-17)24-16-21-20-8-4-5-9-22(20)30-27-21/h1-3,6-7,10-13,24H,4-5,8-9,14-16H2. The van der Waals surface area contributed by atoms with E-state index >= 15 is 0 Å². The summed E-state index contributed by atoms with van der Waals surface area (Å²) in [6.45, 7) is 1.39. The molecule has 7 nitrogen and oxygen atoms in total. The number of nitrogens with one attached hydrogen (secondary N) is 1. The molecule has 1 aliphatic rings. The SMILES string of the molecule is c1ccc(-c2nnn(CCc3ccc(NCc4noc5c4CCCC5)cc3)n2)cc1. The predicted octanol–water partition coefficient (Wildman–Crippen LogP) is 4.06. The van der Waals surface area contributed by atoms with Gasteiger partial charge in [0.05, 0.1) is 13.1 Å². The summed E-state index contributed by atoms with van der Waals surface area (Å²) in [5.74, 6) is 1.73. The lowest BCUT2D eigenvalue weighted by molar-refractivity contribution is 0.368. The predicted molar refractivity (Wildman–Crippen MR) is 114 cm³/mol. The molecule has 2 aromatic carbocycles. The second kappa shape index (κ2) is 8.49. The number of hydrogen-bond acceptors (Lipinski definition) is 6. The van der Waals surface area contributed by atoms with Crippen LogP contribution < -0.4 is 5.32 Å². The maximum Gasteiger partial charge on any atom is 0.204 e. The lowest BCUT2D eigenvalue weighted by Gasteiger charge is -2.10. The normalized spacial score (nSPS) is 13.2. The van der Waals surface area contributed by atoms with Crippen LogP contribution in [0.3, 0.4) is 0 Å². The van der Waals surface area contributed by atoms with E-state index in [1.807, 2.05) is 30.3 Å². The minimum atomic E-state index is 0.658. The zero-order valence-corrected chi connectivity index (χ0v) is 16.8. The topological polar surface area (TPSA) is 81.7 Å². The van der Waals surface area contributed by atoms with Gasteiger partial charge in [-0.2, -0.15) is 4.80 Å². The number of tetrazole rings is 1. The van der Waals surface area contributed by atoms with Crippen LogP contribution in [0.2, 0.25) is 0 Å². The molecule has 0 spiro atoms. The first-order chi connectivity index (χ1) is 14.8. The molecule has 0 fully saturated rings. The molecule has 0 radical (unpaired) electrons. The third kappa shape index (κ3) is 4.10. The Labute approximate surface area is 175 Å². The van der Waals surface area contributed by atoms with Crippen LogP contribution in [0.15, 0.2) is 59.1 Å². The molecular weight excluding hydrogens is 376 g/mol. The van der Waals surface area contributed by atoms with Crippen LogP contribution in [0, 0.1) is 0 Å². The highest BCUT2D eigenvalue weighted by molar-refractivity contribution is 5.53. The Morgan fingerprint density at radius 2 is 1.80 bits per heavy atom. The smallest absolute Gasteiger partial charge is 0.204 e. The fourth-order valence-electron chi connectivity index (χ4n) is 3.83. The van der Waals surface area contributed by atoms with E-state index in [1.165, 1.54) is 24.0 Å². The van der Waals surface area contributed by atoms with Gasteiger partial charge in [0.25, 0.3) is 0 Å². The van der Waals surface area contributed by atoms with Gasteiger partial charge in [0.15, 0.2) is 0 Å². The molecule has 2 aromatic heterocycles. The summed E-state index contributed by atoms with van der Waals surface area (Å²) >= 11 is 0. The summed E-state index contributed by atoms with van der Waals surface area (Å²) in [6, 6.07) is 18.4. The fourth-order valence-corrected chi connectivity index (χ4v) is 3.83. The number of benzene rings is 2. The molecule has 0 amide bonds. The van der Waals surface area contributed by atoms with Crippen molar-refractivity contribution < 1.29 is 4.52 Å². The summed E-state index contributed by atoms with van der Waals surface area (Å²) in [5.41, 5.74) is 5.64. The maximum atomic E-state index is 5.49. The van der Waals surface area contributed by atoms with Crippen molar-refractivity contribution in [2.24, 2.45) is 0 Å².